The molecule has 4 heterocycles. The number of carbonyl (C=O) groups excluding carboxylic acids is 3. The summed E-state index contributed by atoms with van der Waals surface area (Å²) in [5.41, 5.74) is 4.39. The van der Waals surface area contributed by atoms with Crippen molar-refractivity contribution in [2.75, 3.05) is 44.0 Å². The summed E-state index contributed by atoms with van der Waals surface area (Å²) in [4.78, 5) is 55.7. The number of fused-ring (bicyclic) bond motifs is 2. The third kappa shape index (κ3) is 6.76. The molecule has 1 unspecified atom stereocenters. The molecule has 0 bridgehead atoms. The van der Waals surface area contributed by atoms with Gasteiger partial charge in [0, 0.05) is 62.4 Å². The van der Waals surface area contributed by atoms with Gasteiger partial charge in [-0.25, -0.2) is 4.79 Å². The highest BCUT2D eigenvalue weighted by Gasteiger charge is 2.33. The number of nitrogens with one attached hydrogen (secondary N) is 2. The molecular weight excluding hydrogens is 685 g/mol. The van der Waals surface area contributed by atoms with E-state index in [-0.39, 0.29) is 23.9 Å². The molecule has 13 heteroatoms. The van der Waals surface area contributed by atoms with Gasteiger partial charge in [-0.05, 0) is 88.2 Å². The molecule has 1 saturated carbocycles. The summed E-state index contributed by atoms with van der Waals surface area (Å²) in [7, 11) is 5.63. The van der Waals surface area contributed by atoms with E-state index in [2.05, 4.69) is 44.4 Å². The van der Waals surface area contributed by atoms with E-state index in [4.69, 9.17) is 9.84 Å². The van der Waals surface area contributed by atoms with Gasteiger partial charge in [0.15, 0.2) is 0 Å². The van der Waals surface area contributed by atoms with E-state index >= 15 is 0 Å². The third-order valence-corrected chi connectivity index (χ3v) is 11.9. The molecular formula is C41H48N8O5. The molecule has 2 N–H and O–H groups in total. The Morgan fingerprint density at radius 3 is 2.44 bits per heavy atom. The predicted octanol–water partition coefficient (Wildman–Crippen LogP) is 5.26. The number of piperidine rings is 2. The number of amides is 3. The maximum atomic E-state index is 13.4. The first-order chi connectivity index (χ1) is 26.2. The van der Waals surface area contributed by atoms with Crippen molar-refractivity contribution in [2.45, 2.75) is 69.5 Å². The van der Waals surface area contributed by atoms with Gasteiger partial charge in [0.2, 0.25) is 11.8 Å². The van der Waals surface area contributed by atoms with Crippen molar-refractivity contribution < 1.29 is 19.1 Å². The summed E-state index contributed by atoms with van der Waals surface area (Å²) in [5, 5.41) is 11.3. The van der Waals surface area contributed by atoms with Crippen LogP contribution in [0.1, 0.15) is 73.8 Å². The van der Waals surface area contributed by atoms with E-state index in [1.807, 2.05) is 42.5 Å². The van der Waals surface area contributed by atoms with Crippen LogP contribution in [0.2, 0.25) is 0 Å². The van der Waals surface area contributed by atoms with E-state index in [0.29, 0.717) is 41.4 Å². The summed E-state index contributed by atoms with van der Waals surface area (Å²) < 4.78 is 10.9. The quantitative estimate of drug-likeness (QED) is 0.196. The average molecular weight is 733 g/mol. The molecule has 2 aliphatic heterocycles. The van der Waals surface area contributed by atoms with Crippen molar-refractivity contribution in [2.24, 2.45) is 13.0 Å². The second-order valence-corrected chi connectivity index (χ2v) is 15.2. The van der Waals surface area contributed by atoms with E-state index in [1.54, 1.807) is 35.4 Å². The Bertz CT molecular complexity index is 2260. The van der Waals surface area contributed by atoms with Crippen molar-refractivity contribution in [3.8, 4) is 5.75 Å². The molecule has 0 spiro atoms. The van der Waals surface area contributed by atoms with E-state index in [0.717, 1.165) is 85.8 Å². The van der Waals surface area contributed by atoms with Crippen molar-refractivity contribution in [1.82, 2.24) is 29.1 Å². The molecule has 8 rings (SSSR count). The van der Waals surface area contributed by atoms with Gasteiger partial charge in [-0.15, -0.1) is 0 Å². The van der Waals surface area contributed by atoms with Crippen molar-refractivity contribution in [3.05, 3.63) is 82.9 Å². The first-order valence-electron chi connectivity index (χ1n) is 19.1. The summed E-state index contributed by atoms with van der Waals surface area (Å²) in [5.74, 6) is 0.324. The fourth-order valence-electron chi connectivity index (χ4n) is 8.91. The molecule has 1 atom stereocenters. The smallest absolute Gasteiger partial charge is 0.329 e. The molecule has 2 aromatic heterocycles. The fraction of sp³-hybridized carbons (Fsp3) is 0.439. The monoisotopic (exact) mass is 732 g/mol. The van der Waals surface area contributed by atoms with Crippen molar-refractivity contribution in [1.29, 1.82) is 0 Å². The standard InChI is InChI=1S/C41H48N8O5/c1-45(29-18-20-47(21-19-29)33-10-7-11-34-38(33)46(2)41(53)49(34)35-16-17-37(50)43-40(35)52)24-26-12-14-30(15-13-26)48-25-28-22-32(36(54-3)23-31(28)44-48)42-39(51)27-8-5-4-6-9-27/h4-11,22-23,25-26,29-30,35H,12-21,24H2,1-3H3,(H,42,51)(H,43,50,52)/t26-,30-,35?. The molecule has 13 nitrogen and oxygen atoms in total. The number of imide groups is 1. The largest absolute Gasteiger partial charge is 0.494 e. The zero-order valence-electron chi connectivity index (χ0n) is 31.2. The molecule has 3 amide bonds. The maximum Gasteiger partial charge on any atom is 0.329 e. The number of para-hydroxylation sites is 1. The number of rotatable bonds is 9. The Morgan fingerprint density at radius 1 is 0.963 bits per heavy atom. The van der Waals surface area contributed by atoms with Gasteiger partial charge >= 0.3 is 5.69 Å². The van der Waals surface area contributed by atoms with Crippen LogP contribution in [0.25, 0.3) is 21.9 Å². The Balaban J connectivity index is 0.868. The summed E-state index contributed by atoms with van der Waals surface area (Å²) in [6.07, 6.45) is 9.13. The van der Waals surface area contributed by atoms with Gasteiger partial charge < -0.3 is 19.9 Å². The summed E-state index contributed by atoms with van der Waals surface area (Å²) in [6, 6.07) is 19.1. The van der Waals surface area contributed by atoms with Crippen LogP contribution in [0, 0.1) is 5.92 Å². The highest BCUT2D eigenvalue weighted by atomic mass is 16.5. The van der Waals surface area contributed by atoms with Crippen LogP contribution in [0.15, 0.2) is 71.7 Å². The number of aryl methyl sites for hydroxylation is 1. The number of benzene rings is 3. The normalized spacial score (nSPS) is 21.2. The van der Waals surface area contributed by atoms with Crippen molar-refractivity contribution in [3.63, 3.8) is 0 Å². The summed E-state index contributed by atoms with van der Waals surface area (Å²) >= 11 is 0. The van der Waals surface area contributed by atoms with E-state index < -0.39 is 11.9 Å². The number of hydrogen-bond donors (Lipinski definition) is 2. The molecule has 2 saturated heterocycles. The molecule has 3 aromatic carbocycles. The van der Waals surface area contributed by atoms with Crippen LogP contribution in [0.3, 0.4) is 0 Å². The predicted molar refractivity (Wildman–Crippen MR) is 208 cm³/mol. The van der Waals surface area contributed by atoms with Crippen LogP contribution in [0.4, 0.5) is 11.4 Å². The van der Waals surface area contributed by atoms with Gasteiger partial charge in [-0.1, -0.05) is 24.3 Å². The van der Waals surface area contributed by atoms with Gasteiger partial charge in [-0.2, -0.15) is 5.10 Å². The topological polar surface area (TPSA) is 136 Å². The molecule has 54 heavy (non-hydrogen) atoms. The second kappa shape index (κ2) is 14.8. The zero-order valence-corrected chi connectivity index (χ0v) is 31.2. The Morgan fingerprint density at radius 2 is 1.72 bits per heavy atom. The molecule has 5 aromatic rings. The minimum atomic E-state index is -0.693. The number of aromatic nitrogens is 4. The lowest BCUT2D eigenvalue weighted by atomic mass is 9.85. The number of ether oxygens (including phenoxy) is 1. The first-order valence-corrected chi connectivity index (χ1v) is 19.1. The fourth-order valence-corrected chi connectivity index (χ4v) is 8.91. The van der Waals surface area contributed by atoms with Crippen molar-refractivity contribution >= 4 is 51.0 Å². The molecule has 1 aliphatic carbocycles. The van der Waals surface area contributed by atoms with E-state index in [9.17, 15) is 19.2 Å². The molecule has 3 fully saturated rings. The number of carbonyl (C=O) groups is 3. The van der Waals surface area contributed by atoms with Crippen LogP contribution >= 0.6 is 0 Å². The Hall–Kier alpha value is -5.43. The second-order valence-electron chi connectivity index (χ2n) is 15.2. The number of imidazole rings is 1. The lowest BCUT2D eigenvalue weighted by Gasteiger charge is -2.40. The van der Waals surface area contributed by atoms with Gasteiger partial charge in [-0.3, -0.25) is 33.5 Å². The minimum Gasteiger partial charge on any atom is -0.494 e. The molecule has 3 aliphatic rings. The van der Waals surface area contributed by atoms with Crippen LogP contribution in [0.5, 0.6) is 5.75 Å². The minimum absolute atomic E-state index is 0.181. The lowest BCUT2D eigenvalue weighted by molar-refractivity contribution is -0.135. The Labute approximate surface area is 313 Å². The maximum absolute atomic E-state index is 13.4. The van der Waals surface area contributed by atoms with E-state index in [1.165, 1.54) is 0 Å². The molecule has 282 valence electrons. The molecule has 0 radical (unpaired) electrons. The summed E-state index contributed by atoms with van der Waals surface area (Å²) in [6.45, 7) is 2.83. The zero-order chi connectivity index (χ0) is 37.5. The van der Waals surface area contributed by atoms with Gasteiger partial charge in [0.1, 0.15) is 11.8 Å². The number of hydrogen-bond acceptors (Lipinski definition) is 8. The van der Waals surface area contributed by atoms with Gasteiger partial charge in [0.25, 0.3) is 5.91 Å². The van der Waals surface area contributed by atoms with Crippen LogP contribution in [-0.4, -0.2) is 81.4 Å². The number of methoxy groups -OCH3 is 1. The van der Waals surface area contributed by atoms with Crippen LogP contribution < -0.4 is 26.0 Å². The SMILES string of the molecule is COc1cc2nn([C@H]3CC[C@H](CN(C)C4CCN(c5cccc6c5n(C)c(=O)n6C5CCC(=O)NC5=O)CC4)CC3)cc2cc1NC(=O)c1ccccc1. The highest BCUT2D eigenvalue weighted by molar-refractivity contribution is 6.06. The highest BCUT2D eigenvalue weighted by Crippen LogP contribution is 2.37. The average Bonchev–Trinajstić information content (AvgIpc) is 3.72. The number of nitrogens with zero attached hydrogens (tertiary/aromatic N) is 6. The lowest BCUT2D eigenvalue weighted by Crippen LogP contribution is -2.45. The van der Waals surface area contributed by atoms with Gasteiger partial charge in [0.05, 0.1) is 41.1 Å². The first kappa shape index (κ1) is 35.6. The Kier molecular flexibility index (Phi) is 9.74. The number of anilines is 2. The van der Waals surface area contributed by atoms with Crippen LogP contribution in [-0.2, 0) is 16.6 Å². The third-order valence-electron chi connectivity index (χ3n) is 11.9.